The molecule has 0 spiro atoms. The molecule has 4 nitrogen and oxygen atoms in total. The Morgan fingerprint density at radius 3 is 2.75 bits per heavy atom. The molecule has 0 atom stereocenters. The van der Waals surface area contributed by atoms with Crippen LogP contribution in [0.25, 0.3) is 11.1 Å². The lowest BCUT2D eigenvalue weighted by Crippen LogP contribution is -1.92. The molecule has 0 saturated carbocycles. The van der Waals surface area contributed by atoms with Crippen molar-refractivity contribution in [2.45, 2.75) is 6.92 Å². The summed E-state index contributed by atoms with van der Waals surface area (Å²) in [5.74, 6) is -1.14. The summed E-state index contributed by atoms with van der Waals surface area (Å²) >= 11 is 5.71. The third-order valence-corrected chi connectivity index (χ3v) is 2.80. The van der Waals surface area contributed by atoms with E-state index in [1.54, 1.807) is 6.92 Å². The Balaban J connectivity index is 2.72. The number of benzene rings is 1. The average molecular weight is 242 g/mol. The van der Waals surface area contributed by atoms with Crippen molar-refractivity contribution in [2.75, 3.05) is 5.73 Å². The van der Waals surface area contributed by atoms with E-state index >= 15 is 0 Å². The highest BCUT2D eigenvalue weighted by Crippen LogP contribution is 2.37. The average Bonchev–Trinajstić information content (AvgIpc) is 2.67. The van der Waals surface area contributed by atoms with Gasteiger partial charge in [-0.3, -0.25) is 5.10 Å². The third kappa shape index (κ3) is 1.49. The third-order valence-electron chi connectivity index (χ3n) is 2.32. The number of phenolic OH excluding ortho intramolecular Hbond substituents is 1. The zero-order valence-electron chi connectivity index (χ0n) is 8.38. The Hall–Kier alpha value is -1.75. The fourth-order valence-electron chi connectivity index (χ4n) is 1.46. The van der Waals surface area contributed by atoms with Gasteiger partial charge in [0, 0.05) is 11.1 Å². The Morgan fingerprint density at radius 2 is 2.19 bits per heavy atom. The molecule has 1 heterocycles. The molecule has 0 saturated heterocycles. The molecule has 4 N–H and O–H groups in total. The lowest BCUT2D eigenvalue weighted by atomic mass is 10.0. The minimum Gasteiger partial charge on any atom is -0.504 e. The first-order chi connectivity index (χ1) is 7.52. The Labute approximate surface area is 95.9 Å². The molecule has 0 unspecified atom stereocenters. The molecule has 84 valence electrons. The summed E-state index contributed by atoms with van der Waals surface area (Å²) in [7, 11) is 0. The summed E-state index contributed by atoms with van der Waals surface area (Å²) in [6, 6.07) is 1.51. The van der Waals surface area contributed by atoms with Crippen LogP contribution in [0.5, 0.6) is 5.75 Å². The van der Waals surface area contributed by atoms with Crippen LogP contribution in [0.4, 0.5) is 10.2 Å². The molecule has 0 aliphatic heterocycles. The lowest BCUT2D eigenvalue weighted by molar-refractivity contribution is 0.433. The Bertz CT molecular complexity index is 553. The second-order valence-corrected chi connectivity index (χ2v) is 3.79. The molecular weight excluding hydrogens is 233 g/mol. The van der Waals surface area contributed by atoms with E-state index in [2.05, 4.69) is 10.2 Å². The molecule has 0 fully saturated rings. The number of nitrogens with one attached hydrogen (secondary N) is 1. The van der Waals surface area contributed by atoms with Gasteiger partial charge in [0.2, 0.25) is 0 Å². The minimum absolute atomic E-state index is 0.00307. The number of aromatic amines is 1. The van der Waals surface area contributed by atoms with Crippen molar-refractivity contribution in [3.63, 3.8) is 0 Å². The molecule has 0 aliphatic carbocycles. The van der Waals surface area contributed by atoms with Crippen molar-refractivity contribution >= 4 is 17.4 Å². The SMILES string of the molecule is Cc1cc(-c2cn[nH]c2N)c(F)c(O)c1Cl. The number of phenols is 1. The van der Waals surface area contributed by atoms with Crippen LogP contribution in [0.2, 0.25) is 5.02 Å². The number of hydrogen-bond donors (Lipinski definition) is 3. The summed E-state index contributed by atoms with van der Waals surface area (Å²) in [5.41, 5.74) is 6.71. The number of aromatic nitrogens is 2. The van der Waals surface area contributed by atoms with Crippen LogP contribution >= 0.6 is 11.6 Å². The first kappa shape index (κ1) is 10.8. The van der Waals surface area contributed by atoms with E-state index in [0.717, 1.165) is 0 Å². The van der Waals surface area contributed by atoms with Gasteiger partial charge >= 0.3 is 0 Å². The Morgan fingerprint density at radius 1 is 1.50 bits per heavy atom. The maximum absolute atomic E-state index is 13.8. The first-order valence-electron chi connectivity index (χ1n) is 4.49. The standard InChI is InChI=1S/C10H9ClFN3O/c1-4-2-5(6-3-14-15-10(6)13)8(12)9(16)7(4)11/h2-3,16H,1H3,(H3,13,14,15). The predicted molar refractivity (Wildman–Crippen MR) is 59.8 cm³/mol. The molecule has 2 rings (SSSR count). The fraction of sp³-hybridized carbons (Fsp3) is 0.100. The number of aryl methyl sites for hydroxylation is 1. The molecule has 6 heteroatoms. The monoisotopic (exact) mass is 241 g/mol. The maximum Gasteiger partial charge on any atom is 0.174 e. The summed E-state index contributed by atoms with van der Waals surface area (Å²) in [4.78, 5) is 0. The molecule has 1 aromatic carbocycles. The van der Waals surface area contributed by atoms with E-state index in [9.17, 15) is 9.50 Å². The molecule has 0 amide bonds. The van der Waals surface area contributed by atoms with Gasteiger partial charge in [-0.25, -0.2) is 4.39 Å². The van der Waals surface area contributed by atoms with Crippen molar-refractivity contribution in [3.8, 4) is 16.9 Å². The van der Waals surface area contributed by atoms with Crippen LogP contribution in [0.1, 0.15) is 5.56 Å². The maximum atomic E-state index is 13.8. The van der Waals surface area contributed by atoms with Gasteiger partial charge < -0.3 is 10.8 Å². The number of hydrogen-bond acceptors (Lipinski definition) is 3. The number of halogens is 2. The Kier molecular flexibility index (Phi) is 2.47. The van der Waals surface area contributed by atoms with Crippen LogP contribution in [0.3, 0.4) is 0 Å². The summed E-state index contributed by atoms with van der Waals surface area (Å²) in [6.07, 6.45) is 1.39. The van der Waals surface area contributed by atoms with Gasteiger partial charge in [0.15, 0.2) is 11.6 Å². The van der Waals surface area contributed by atoms with Crippen molar-refractivity contribution in [1.82, 2.24) is 10.2 Å². The summed E-state index contributed by atoms with van der Waals surface area (Å²) in [5, 5.41) is 15.7. The van der Waals surface area contributed by atoms with Crippen LogP contribution in [-0.4, -0.2) is 15.3 Å². The number of rotatable bonds is 1. The number of nitrogen functional groups attached to an aromatic ring is 1. The van der Waals surface area contributed by atoms with E-state index < -0.39 is 11.6 Å². The van der Waals surface area contributed by atoms with Crippen LogP contribution in [0.15, 0.2) is 12.3 Å². The zero-order valence-corrected chi connectivity index (χ0v) is 9.14. The molecule has 0 bridgehead atoms. The number of nitrogens with two attached hydrogens (primary N) is 1. The molecule has 1 aromatic heterocycles. The van der Waals surface area contributed by atoms with Crippen molar-refractivity contribution in [1.29, 1.82) is 0 Å². The quantitative estimate of drug-likeness (QED) is 0.718. The largest absolute Gasteiger partial charge is 0.504 e. The van der Waals surface area contributed by atoms with E-state index in [4.69, 9.17) is 17.3 Å². The second kappa shape index (κ2) is 3.68. The highest BCUT2D eigenvalue weighted by Gasteiger charge is 2.17. The molecule has 16 heavy (non-hydrogen) atoms. The van der Waals surface area contributed by atoms with Gasteiger partial charge in [0.1, 0.15) is 5.82 Å². The molecule has 2 aromatic rings. The van der Waals surface area contributed by atoms with E-state index in [1.165, 1.54) is 12.3 Å². The van der Waals surface area contributed by atoms with Crippen LogP contribution in [0, 0.1) is 12.7 Å². The van der Waals surface area contributed by atoms with E-state index in [1.807, 2.05) is 0 Å². The fourth-order valence-corrected chi connectivity index (χ4v) is 1.60. The smallest absolute Gasteiger partial charge is 0.174 e. The van der Waals surface area contributed by atoms with Gasteiger partial charge in [-0.2, -0.15) is 5.10 Å². The second-order valence-electron chi connectivity index (χ2n) is 3.41. The number of H-pyrrole nitrogens is 1. The predicted octanol–water partition coefficient (Wildman–Crippen LogP) is 2.47. The zero-order chi connectivity index (χ0) is 11.9. The first-order valence-corrected chi connectivity index (χ1v) is 4.87. The normalized spacial score (nSPS) is 10.7. The number of nitrogens with zero attached hydrogens (tertiary/aromatic N) is 1. The van der Waals surface area contributed by atoms with E-state index in [0.29, 0.717) is 11.1 Å². The van der Waals surface area contributed by atoms with E-state index in [-0.39, 0.29) is 16.4 Å². The number of aromatic hydroxyl groups is 1. The van der Waals surface area contributed by atoms with Crippen molar-refractivity contribution in [2.24, 2.45) is 0 Å². The van der Waals surface area contributed by atoms with Gasteiger partial charge in [0.05, 0.1) is 11.2 Å². The summed E-state index contributed by atoms with van der Waals surface area (Å²) < 4.78 is 13.8. The van der Waals surface area contributed by atoms with Gasteiger partial charge in [-0.05, 0) is 18.6 Å². The van der Waals surface area contributed by atoms with Crippen LogP contribution in [-0.2, 0) is 0 Å². The topological polar surface area (TPSA) is 74.9 Å². The minimum atomic E-state index is -0.802. The molecule has 0 aliphatic rings. The van der Waals surface area contributed by atoms with Crippen molar-refractivity contribution < 1.29 is 9.50 Å². The molecular formula is C10H9ClFN3O. The highest BCUT2D eigenvalue weighted by atomic mass is 35.5. The number of anilines is 1. The lowest BCUT2D eigenvalue weighted by Gasteiger charge is -2.08. The van der Waals surface area contributed by atoms with Gasteiger partial charge in [0.25, 0.3) is 0 Å². The van der Waals surface area contributed by atoms with Crippen LogP contribution < -0.4 is 5.73 Å². The summed E-state index contributed by atoms with van der Waals surface area (Å²) in [6.45, 7) is 1.67. The van der Waals surface area contributed by atoms with Gasteiger partial charge in [-0.1, -0.05) is 11.6 Å². The molecule has 0 radical (unpaired) electrons. The highest BCUT2D eigenvalue weighted by molar-refractivity contribution is 6.32. The van der Waals surface area contributed by atoms with Crippen molar-refractivity contribution in [3.05, 3.63) is 28.7 Å². The van der Waals surface area contributed by atoms with Gasteiger partial charge in [-0.15, -0.1) is 0 Å².